The smallest absolute Gasteiger partial charge is 0.306 e. The Morgan fingerprint density at radius 1 is 1.53 bits per heavy atom. The van der Waals surface area contributed by atoms with Crippen LogP contribution in [0.2, 0.25) is 0 Å². The number of imidazole rings is 1. The first-order valence-electron chi connectivity index (χ1n) is 6.01. The lowest BCUT2D eigenvalue weighted by atomic mass is 10.4. The van der Waals surface area contributed by atoms with E-state index < -0.39 is 16.0 Å². The number of aromatic nitrogens is 2. The van der Waals surface area contributed by atoms with E-state index in [0.717, 1.165) is 13.0 Å². The first kappa shape index (κ1) is 15.6. The summed E-state index contributed by atoms with van der Waals surface area (Å²) in [6.07, 6.45) is 2.39. The molecule has 0 aliphatic heterocycles. The van der Waals surface area contributed by atoms with Crippen molar-refractivity contribution in [3.63, 3.8) is 0 Å². The summed E-state index contributed by atoms with van der Waals surface area (Å²) in [5, 5.41) is -0.0247. The Hall–Kier alpha value is -1.41. The van der Waals surface area contributed by atoms with Crippen LogP contribution in [0.4, 0.5) is 0 Å². The number of rotatable bonds is 7. The number of carbonyl (C=O) groups excluding carboxylic acids is 1. The molecule has 0 bridgehead atoms. The SMILES string of the molecule is CCCn1cc(S(=O)(=O)NCCC(=O)OC)nc1C. The lowest BCUT2D eigenvalue weighted by Gasteiger charge is -2.03. The van der Waals surface area contributed by atoms with Crippen LogP contribution < -0.4 is 4.72 Å². The Morgan fingerprint density at radius 2 is 2.21 bits per heavy atom. The molecule has 1 aromatic heterocycles. The number of hydrogen-bond donors (Lipinski definition) is 1. The average Bonchev–Trinajstić information content (AvgIpc) is 2.72. The average molecular weight is 289 g/mol. The fraction of sp³-hybridized carbons (Fsp3) is 0.636. The Bertz CT molecular complexity index is 536. The predicted molar refractivity (Wildman–Crippen MR) is 69.1 cm³/mol. The first-order chi connectivity index (χ1) is 8.90. The molecule has 1 heterocycles. The number of methoxy groups -OCH3 is 1. The zero-order chi connectivity index (χ0) is 14.5. The van der Waals surface area contributed by atoms with E-state index in [-0.39, 0.29) is 18.0 Å². The highest BCUT2D eigenvalue weighted by Crippen LogP contribution is 2.09. The van der Waals surface area contributed by atoms with E-state index >= 15 is 0 Å². The number of nitrogens with one attached hydrogen (secondary N) is 1. The van der Waals surface area contributed by atoms with Crippen molar-refractivity contribution in [1.82, 2.24) is 14.3 Å². The second-order valence-corrected chi connectivity index (χ2v) is 5.76. The Labute approximate surface area is 113 Å². The molecule has 0 aromatic carbocycles. The number of ether oxygens (including phenoxy) is 1. The lowest BCUT2D eigenvalue weighted by molar-refractivity contribution is -0.140. The van der Waals surface area contributed by atoms with E-state index in [4.69, 9.17) is 0 Å². The lowest BCUT2D eigenvalue weighted by Crippen LogP contribution is -2.26. The number of aryl methyl sites for hydroxylation is 2. The van der Waals surface area contributed by atoms with Crippen LogP contribution in [0.15, 0.2) is 11.2 Å². The van der Waals surface area contributed by atoms with Gasteiger partial charge in [-0.25, -0.2) is 18.1 Å². The molecular formula is C11H19N3O4S. The van der Waals surface area contributed by atoms with E-state index in [9.17, 15) is 13.2 Å². The molecule has 1 N–H and O–H groups in total. The third-order valence-electron chi connectivity index (χ3n) is 2.54. The summed E-state index contributed by atoms with van der Waals surface area (Å²) in [5.41, 5.74) is 0. The molecule has 19 heavy (non-hydrogen) atoms. The summed E-state index contributed by atoms with van der Waals surface area (Å²) in [7, 11) is -2.42. The van der Waals surface area contributed by atoms with Crippen LogP contribution in [0.3, 0.4) is 0 Å². The van der Waals surface area contributed by atoms with Gasteiger partial charge < -0.3 is 9.30 Å². The maximum absolute atomic E-state index is 11.9. The zero-order valence-electron chi connectivity index (χ0n) is 11.3. The number of sulfonamides is 1. The van der Waals surface area contributed by atoms with Crippen molar-refractivity contribution in [2.24, 2.45) is 0 Å². The molecule has 0 atom stereocenters. The zero-order valence-corrected chi connectivity index (χ0v) is 12.2. The van der Waals surface area contributed by atoms with Gasteiger partial charge in [-0.2, -0.15) is 0 Å². The van der Waals surface area contributed by atoms with Gasteiger partial charge in [0.15, 0.2) is 5.03 Å². The van der Waals surface area contributed by atoms with Crippen molar-refractivity contribution in [2.45, 2.75) is 38.3 Å². The van der Waals surface area contributed by atoms with Crippen molar-refractivity contribution in [3.8, 4) is 0 Å². The molecule has 0 saturated heterocycles. The second kappa shape index (κ2) is 6.67. The molecule has 0 saturated carbocycles. The van der Waals surface area contributed by atoms with Crippen LogP contribution in [0.25, 0.3) is 0 Å². The van der Waals surface area contributed by atoms with Crippen molar-refractivity contribution in [2.75, 3.05) is 13.7 Å². The van der Waals surface area contributed by atoms with Crippen LogP contribution >= 0.6 is 0 Å². The Morgan fingerprint density at radius 3 is 2.79 bits per heavy atom. The molecule has 1 rings (SSSR count). The number of esters is 1. The van der Waals surface area contributed by atoms with Gasteiger partial charge >= 0.3 is 5.97 Å². The van der Waals surface area contributed by atoms with E-state index in [1.165, 1.54) is 13.3 Å². The summed E-state index contributed by atoms with van der Waals surface area (Å²) in [4.78, 5) is 14.9. The van der Waals surface area contributed by atoms with E-state index in [1.807, 2.05) is 6.92 Å². The molecule has 0 amide bonds. The highest BCUT2D eigenvalue weighted by atomic mass is 32.2. The molecule has 0 fully saturated rings. The van der Waals surface area contributed by atoms with Gasteiger partial charge in [0.1, 0.15) is 5.82 Å². The molecule has 1 aromatic rings. The summed E-state index contributed by atoms with van der Waals surface area (Å²) in [6.45, 7) is 4.47. The van der Waals surface area contributed by atoms with Gasteiger partial charge in [0.25, 0.3) is 10.0 Å². The number of hydrogen-bond acceptors (Lipinski definition) is 5. The quantitative estimate of drug-likeness (QED) is 0.736. The molecular weight excluding hydrogens is 270 g/mol. The van der Waals surface area contributed by atoms with Gasteiger partial charge in [0.05, 0.1) is 13.5 Å². The molecule has 0 spiro atoms. The molecule has 8 heteroatoms. The predicted octanol–water partition coefficient (Wildman–Crippen LogP) is 0.443. The number of nitrogens with zero attached hydrogens (tertiary/aromatic N) is 2. The highest BCUT2D eigenvalue weighted by molar-refractivity contribution is 7.89. The largest absolute Gasteiger partial charge is 0.469 e. The first-order valence-corrected chi connectivity index (χ1v) is 7.49. The van der Waals surface area contributed by atoms with Crippen LogP contribution in [-0.4, -0.2) is 37.6 Å². The minimum Gasteiger partial charge on any atom is -0.469 e. The fourth-order valence-corrected chi connectivity index (χ4v) is 2.58. The summed E-state index contributed by atoms with van der Waals surface area (Å²) < 4.78 is 32.4. The van der Waals surface area contributed by atoms with Crippen LogP contribution in [0, 0.1) is 6.92 Å². The minimum absolute atomic E-state index is 0.00527. The maximum Gasteiger partial charge on any atom is 0.306 e. The molecule has 0 unspecified atom stereocenters. The van der Waals surface area contributed by atoms with Crippen molar-refractivity contribution >= 4 is 16.0 Å². The monoisotopic (exact) mass is 289 g/mol. The Kier molecular flexibility index (Phi) is 5.49. The summed E-state index contributed by atoms with van der Waals surface area (Å²) >= 11 is 0. The molecule has 0 radical (unpaired) electrons. The molecule has 0 aliphatic carbocycles. The standard InChI is InChI=1S/C11H19N3O4S/c1-4-7-14-8-10(13-9(14)2)19(16,17)12-6-5-11(15)18-3/h8,12H,4-7H2,1-3H3. The van der Waals surface area contributed by atoms with Gasteiger partial charge in [0, 0.05) is 19.3 Å². The van der Waals surface area contributed by atoms with Crippen LogP contribution in [0.5, 0.6) is 0 Å². The van der Waals surface area contributed by atoms with Gasteiger partial charge in [-0.05, 0) is 13.3 Å². The summed E-state index contributed by atoms with van der Waals surface area (Å²) in [6, 6.07) is 0. The van der Waals surface area contributed by atoms with E-state index in [0.29, 0.717) is 5.82 Å². The maximum atomic E-state index is 11.9. The summed E-state index contributed by atoms with van der Waals surface area (Å²) in [5.74, 6) is 0.186. The highest BCUT2D eigenvalue weighted by Gasteiger charge is 2.19. The van der Waals surface area contributed by atoms with Crippen molar-refractivity contribution in [1.29, 1.82) is 0 Å². The Balaban J connectivity index is 2.72. The topological polar surface area (TPSA) is 90.3 Å². The third-order valence-corrected chi connectivity index (χ3v) is 3.87. The van der Waals surface area contributed by atoms with E-state index in [1.54, 1.807) is 11.5 Å². The van der Waals surface area contributed by atoms with Crippen LogP contribution in [0.1, 0.15) is 25.6 Å². The van der Waals surface area contributed by atoms with Crippen LogP contribution in [-0.2, 0) is 26.1 Å². The van der Waals surface area contributed by atoms with Gasteiger partial charge in [-0.3, -0.25) is 4.79 Å². The molecule has 0 aliphatic rings. The normalized spacial score (nSPS) is 11.5. The molecule has 7 nitrogen and oxygen atoms in total. The molecule has 108 valence electrons. The fourth-order valence-electron chi connectivity index (χ4n) is 1.54. The van der Waals surface area contributed by atoms with Gasteiger partial charge in [-0.1, -0.05) is 6.92 Å². The van der Waals surface area contributed by atoms with Crippen molar-refractivity contribution in [3.05, 3.63) is 12.0 Å². The minimum atomic E-state index is -3.67. The van der Waals surface area contributed by atoms with Gasteiger partial charge in [0.2, 0.25) is 0 Å². The third kappa shape index (κ3) is 4.32. The second-order valence-electron chi connectivity index (χ2n) is 4.04. The number of carbonyl (C=O) groups is 1. The van der Waals surface area contributed by atoms with Gasteiger partial charge in [-0.15, -0.1) is 0 Å². The van der Waals surface area contributed by atoms with Crippen molar-refractivity contribution < 1.29 is 17.9 Å². The van der Waals surface area contributed by atoms with E-state index in [2.05, 4.69) is 14.4 Å².